The highest BCUT2D eigenvalue weighted by molar-refractivity contribution is 5.80. The maximum absolute atomic E-state index is 11.5. The van der Waals surface area contributed by atoms with E-state index in [4.69, 9.17) is 10.5 Å². The maximum Gasteiger partial charge on any atom is 0.407 e. The van der Waals surface area contributed by atoms with Crippen LogP contribution in [0.2, 0.25) is 0 Å². The van der Waals surface area contributed by atoms with E-state index in [-0.39, 0.29) is 17.9 Å². The van der Waals surface area contributed by atoms with Gasteiger partial charge in [-0.15, -0.1) is 0 Å². The molecule has 0 fully saturated rings. The average molecular weight is 273 g/mol. The van der Waals surface area contributed by atoms with E-state index in [0.717, 1.165) is 0 Å². The average Bonchev–Trinajstić information content (AvgIpc) is 2.19. The van der Waals surface area contributed by atoms with Crippen LogP contribution in [0.1, 0.15) is 41.5 Å². The molecule has 6 nitrogen and oxygen atoms in total. The molecule has 0 aliphatic heterocycles. The lowest BCUT2D eigenvalue weighted by Gasteiger charge is -2.25. The highest BCUT2D eigenvalue weighted by Gasteiger charge is 2.22. The predicted molar refractivity (Wildman–Crippen MR) is 74.7 cm³/mol. The van der Waals surface area contributed by atoms with Gasteiger partial charge in [-0.05, 0) is 33.6 Å². The molecule has 0 aromatic heterocycles. The Morgan fingerprint density at radius 2 is 1.74 bits per heavy atom. The monoisotopic (exact) mass is 273 g/mol. The van der Waals surface area contributed by atoms with E-state index in [1.807, 2.05) is 20.8 Å². The summed E-state index contributed by atoms with van der Waals surface area (Å²) in [4.78, 5) is 22.7. The van der Waals surface area contributed by atoms with Crippen molar-refractivity contribution < 1.29 is 14.3 Å². The van der Waals surface area contributed by atoms with Crippen LogP contribution in [-0.2, 0) is 9.53 Å². The van der Waals surface area contributed by atoms with E-state index in [0.29, 0.717) is 6.54 Å². The van der Waals surface area contributed by atoms with Crippen molar-refractivity contribution in [1.82, 2.24) is 10.6 Å². The largest absolute Gasteiger partial charge is 0.444 e. The van der Waals surface area contributed by atoms with Crippen molar-refractivity contribution in [3.05, 3.63) is 0 Å². The summed E-state index contributed by atoms with van der Waals surface area (Å²) in [6.07, 6.45) is -0.471. The fraction of sp³-hybridized carbons (Fsp3) is 0.846. The summed E-state index contributed by atoms with van der Waals surface area (Å²) < 4.78 is 5.12. The van der Waals surface area contributed by atoms with Crippen LogP contribution in [0.4, 0.5) is 4.79 Å². The van der Waals surface area contributed by atoms with Gasteiger partial charge in [0, 0.05) is 12.6 Å². The summed E-state index contributed by atoms with van der Waals surface area (Å²) in [5.41, 5.74) is 4.79. The van der Waals surface area contributed by atoms with E-state index >= 15 is 0 Å². The minimum Gasteiger partial charge on any atom is -0.444 e. The van der Waals surface area contributed by atoms with Crippen LogP contribution in [0.5, 0.6) is 0 Å². The summed E-state index contributed by atoms with van der Waals surface area (Å²) in [5.74, 6) is -0.291. The van der Waals surface area contributed by atoms with Crippen molar-refractivity contribution in [2.24, 2.45) is 11.7 Å². The number of carbonyl (C=O) groups is 2. The molecule has 0 bridgehead atoms. The highest BCUT2D eigenvalue weighted by Crippen LogP contribution is 2.06. The third-order valence-corrected chi connectivity index (χ3v) is 2.39. The van der Waals surface area contributed by atoms with Crippen LogP contribution in [0.15, 0.2) is 0 Å². The van der Waals surface area contributed by atoms with Crippen LogP contribution >= 0.6 is 0 Å². The Morgan fingerprint density at radius 3 is 2.11 bits per heavy atom. The molecule has 0 saturated carbocycles. The molecular formula is C13H27N3O3. The summed E-state index contributed by atoms with van der Waals surface area (Å²) in [6, 6.07) is -0.483. The van der Waals surface area contributed by atoms with Gasteiger partial charge >= 0.3 is 6.09 Å². The number of nitrogens with two attached hydrogens (primary N) is 1. The fourth-order valence-corrected chi connectivity index (χ4v) is 1.52. The molecule has 2 unspecified atom stereocenters. The Bertz CT molecular complexity index is 311. The van der Waals surface area contributed by atoms with Crippen molar-refractivity contribution in [3.8, 4) is 0 Å². The van der Waals surface area contributed by atoms with Crippen LogP contribution in [0.25, 0.3) is 0 Å². The lowest BCUT2D eigenvalue weighted by atomic mass is 10.0. The first-order valence-electron chi connectivity index (χ1n) is 6.55. The molecule has 0 rings (SSSR count). The molecule has 6 heteroatoms. The van der Waals surface area contributed by atoms with Gasteiger partial charge in [-0.2, -0.15) is 0 Å². The van der Waals surface area contributed by atoms with Gasteiger partial charge in [0.15, 0.2) is 0 Å². The van der Waals surface area contributed by atoms with Crippen LogP contribution in [0.3, 0.4) is 0 Å². The second kappa shape index (κ2) is 7.33. The SMILES string of the molecule is CC(CNC(=O)OC(C)(C)C)NC(C(N)=O)C(C)C. The molecule has 0 aliphatic rings. The Hall–Kier alpha value is -1.30. The Labute approximate surface area is 115 Å². The van der Waals surface area contributed by atoms with Gasteiger partial charge in [0.05, 0.1) is 6.04 Å². The lowest BCUT2D eigenvalue weighted by Crippen LogP contribution is -2.51. The van der Waals surface area contributed by atoms with Gasteiger partial charge in [-0.25, -0.2) is 4.79 Å². The smallest absolute Gasteiger partial charge is 0.407 e. The maximum atomic E-state index is 11.5. The van der Waals surface area contributed by atoms with Gasteiger partial charge in [0.1, 0.15) is 5.60 Å². The quantitative estimate of drug-likeness (QED) is 0.673. The number of carbonyl (C=O) groups excluding carboxylic acids is 2. The Kier molecular flexibility index (Phi) is 6.83. The van der Waals surface area contributed by atoms with E-state index in [2.05, 4.69) is 10.6 Å². The van der Waals surface area contributed by atoms with Crippen molar-refractivity contribution in [1.29, 1.82) is 0 Å². The molecule has 2 amide bonds. The van der Waals surface area contributed by atoms with Gasteiger partial charge in [-0.3, -0.25) is 4.79 Å². The van der Waals surface area contributed by atoms with Gasteiger partial charge in [-0.1, -0.05) is 13.8 Å². The van der Waals surface area contributed by atoms with E-state index < -0.39 is 17.7 Å². The molecule has 112 valence electrons. The number of alkyl carbamates (subject to hydrolysis) is 1. The first kappa shape index (κ1) is 17.7. The molecule has 0 aromatic rings. The van der Waals surface area contributed by atoms with Crippen LogP contribution < -0.4 is 16.4 Å². The molecule has 0 spiro atoms. The molecule has 19 heavy (non-hydrogen) atoms. The summed E-state index contributed by atoms with van der Waals surface area (Å²) in [7, 11) is 0. The molecule has 0 heterocycles. The number of amides is 2. The molecule has 2 atom stereocenters. The van der Waals surface area contributed by atoms with Crippen LogP contribution in [-0.4, -0.2) is 36.2 Å². The van der Waals surface area contributed by atoms with E-state index in [1.54, 1.807) is 20.8 Å². The van der Waals surface area contributed by atoms with Gasteiger partial charge < -0.3 is 21.1 Å². The summed E-state index contributed by atoms with van der Waals surface area (Å²) in [6.45, 7) is 11.5. The fourth-order valence-electron chi connectivity index (χ4n) is 1.52. The second-order valence-electron chi connectivity index (χ2n) is 6.07. The van der Waals surface area contributed by atoms with E-state index in [9.17, 15) is 9.59 Å². The number of primary amides is 1. The van der Waals surface area contributed by atoms with Crippen LogP contribution in [0, 0.1) is 5.92 Å². The van der Waals surface area contributed by atoms with Gasteiger partial charge in [0.2, 0.25) is 5.91 Å². The minimum absolute atomic E-state index is 0.0765. The zero-order chi connectivity index (χ0) is 15.2. The zero-order valence-corrected chi connectivity index (χ0v) is 12.7. The van der Waals surface area contributed by atoms with Crippen molar-refractivity contribution in [3.63, 3.8) is 0 Å². The summed E-state index contributed by atoms with van der Waals surface area (Å²) in [5, 5.41) is 5.74. The van der Waals surface area contributed by atoms with Crippen molar-refractivity contribution in [2.75, 3.05) is 6.54 Å². The number of hydrogen-bond donors (Lipinski definition) is 3. The Balaban J connectivity index is 4.14. The standard InChI is InChI=1S/C13H27N3O3/c1-8(2)10(11(14)17)16-9(3)7-15-12(18)19-13(4,5)6/h8-10,16H,7H2,1-6H3,(H2,14,17)(H,15,18). The summed E-state index contributed by atoms with van der Waals surface area (Å²) >= 11 is 0. The second-order valence-corrected chi connectivity index (χ2v) is 6.07. The molecule has 0 aromatic carbocycles. The van der Waals surface area contributed by atoms with Crippen molar-refractivity contribution in [2.45, 2.75) is 59.2 Å². The third kappa shape index (κ3) is 8.42. The molecule has 0 aliphatic carbocycles. The highest BCUT2D eigenvalue weighted by atomic mass is 16.6. The normalized spacial score (nSPS) is 14.9. The first-order valence-corrected chi connectivity index (χ1v) is 6.55. The molecular weight excluding hydrogens is 246 g/mol. The van der Waals surface area contributed by atoms with Gasteiger partial charge in [0.25, 0.3) is 0 Å². The van der Waals surface area contributed by atoms with E-state index in [1.165, 1.54) is 0 Å². The first-order chi connectivity index (χ1) is 8.53. The molecule has 0 saturated heterocycles. The topological polar surface area (TPSA) is 93.4 Å². The number of ether oxygens (including phenoxy) is 1. The minimum atomic E-state index is -0.519. The number of rotatable bonds is 6. The molecule has 0 radical (unpaired) electrons. The van der Waals surface area contributed by atoms with Crippen molar-refractivity contribution >= 4 is 12.0 Å². The molecule has 4 N–H and O–H groups in total. The predicted octanol–water partition coefficient (Wildman–Crippen LogP) is 0.999. The zero-order valence-electron chi connectivity index (χ0n) is 12.7. The third-order valence-electron chi connectivity index (χ3n) is 2.39. The number of hydrogen-bond acceptors (Lipinski definition) is 4. The number of nitrogens with one attached hydrogen (secondary N) is 2. The lowest BCUT2D eigenvalue weighted by molar-refractivity contribution is -0.121. The Morgan fingerprint density at radius 1 is 1.21 bits per heavy atom.